The summed E-state index contributed by atoms with van der Waals surface area (Å²) in [6.45, 7) is 0.921. The summed E-state index contributed by atoms with van der Waals surface area (Å²) in [5.41, 5.74) is -0.281. The van der Waals surface area contributed by atoms with E-state index >= 15 is 0 Å². The number of rotatable bonds is 5. The number of nitrogens with zero attached hydrogens (tertiary/aromatic N) is 1. The van der Waals surface area contributed by atoms with Crippen LogP contribution in [0.15, 0.2) is 51.1 Å². The molecule has 1 aliphatic heterocycles. The lowest BCUT2D eigenvalue weighted by Crippen LogP contribution is -2.18. The van der Waals surface area contributed by atoms with Gasteiger partial charge in [0, 0.05) is 11.0 Å². The number of nitro benzene ring substituents is 1. The average molecular weight is 382 g/mol. The van der Waals surface area contributed by atoms with Gasteiger partial charge in [-0.2, -0.15) is 0 Å². The molecule has 10 heteroatoms. The van der Waals surface area contributed by atoms with Crippen LogP contribution in [0.2, 0.25) is 0 Å². The maximum Gasteiger partial charge on any atom is 0.284 e. The minimum Gasteiger partial charge on any atom is -0.486 e. The van der Waals surface area contributed by atoms with Crippen molar-refractivity contribution in [2.45, 2.75) is 14.7 Å². The summed E-state index contributed by atoms with van der Waals surface area (Å²) < 4.78 is 36.7. The second kappa shape index (κ2) is 6.90. The fourth-order valence-corrected chi connectivity index (χ4v) is 3.91. The molecular weight excluding hydrogens is 368 g/mol. The molecule has 25 heavy (non-hydrogen) atoms. The summed E-state index contributed by atoms with van der Waals surface area (Å²) in [5.74, 6) is 1.20. The largest absolute Gasteiger partial charge is 0.486 e. The van der Waals surface area contributed by atoms with E-state index in [4.69, 9.17) is 9.47 Å². The van der Waals surface area contributed by atoms with Gasteiger partial charge in [0.2, 0.25) is 10.0 Å². The zero-order chi connectivity index (χ0) is 18.0. The Kier molecular flexibility index (Phi) is 4.84. The number of fused-ring (bicyclic) bond motifs is 1. The summed E-state index contributed by atoms with van der Waals surface area (Å²) in [5, 5.41) is 11.3. The van der Waals surface area contributed by atoms with Gasteiger partial charge in [0.1, 0.15) is 13.2 Å². The minimum atomic E-state index is -3.76. The SMILES string of the molecule is CNS(=O)(=O)c1ccc(Sc2ccc3c(c2)OCCO3)c([N+](=O)[O-])c1. The molecule has 1 N–H and O–H groups in total. The topological polar surface area (TPSA) is 108 Å². The summed E-state index contributed by atoms with van der Waals surface area (Å²) in [4.78, 5) is 11.6. The lowest BCUT2D eigenvalue weighted by Gasteiger charge is -2.18. The molecule has 0 saturated carbocycles. The van der Waals surface area contributed by atoms with Crippen molar-refractivity contribution in [3.63, 3.8) is 0 Å². The van der Waals surface area contributed by atoms with Gasteiger partial charge in [-0.25, -0.2) is 13.1 Å². The molecule has 0 unspecified atom stereocenters. The first-order chi connectivity index (χ1) is 11.9. The first kappa shape index (κ1) is 17.5. The van der Waals surface area contributed by atoms with E-state index in [2.05, 4.69) is 4.72 Å². The number of nitrogens with one attached hydrogen (secondary N) is 1. The van der Waals surface area contributed by atoms with Crippen molar-refractivity contribution in [2.75, 3.05) is 20.3 Å². The summed E-state index contributed by atoms with van der Waals surface area (Å²) in [6.07, 6.45) is 0. The molecule has 1 heterocycles. The molecule has 0 aromatic heterocycles. The Hall–Kier alpha value is -2.30. The van der Waals surface area contributed by atoms with Crippen molar-refractivity contribution >= 4 is 27.5 Å². The van der Waals surface area contributed by atoms with E-state index in [9.17, 15) is 18.5 Å². The Morgan fingerprint density at radius 1 is 1.12 bits per heavy atom. The quantitative estimate of drug-likeness (QED) is 0.625. The van der Waals surface area contributed by atoms with Crippen molar-refractivity contribution in [3.05, 3.63) is 46.5 Å². The second-order valence-electron chi connectivity index (χ2n) is 5.00. The molecule has 0 bridgehead atoms. The standard InChI is InChI=1S/C15H14N2O6S2/c1-16-25(20,21)11-3-5-15(12(9-11)17(18)19)24-10-2-4-13-14(8-10)23-7-6-22-13/h2-5,8-9,16H,6-7H2,1H3. The first-order valence-electron chi connectivity index (χ1n) is 7.20. The predicted octanol–water partition coefficient (Wildman–Crippen LogP) is 2.43. The average Bonchev–Trinajstić information content (AvgIpc) is 2.61. The molecule has 0 spiro atoms. The van der Waals surface area contributed by atoms with Gasteiger partial charge in [-0.1, -0.05) is 11.8 Å². The zero-order valence-corrected chi connectivity index (χ0v) is 14.7. The lowest BCUT2D eigenvalue weighted by molar-refractivity contribution is -0.388. The van der Waals surface area contributed by atoms with Crippen LogP contribution in [0.25, 0.3) is 0 Å². The summed E-state index contributed by atoms with van der Waals surface area (Å²) >= 11 is 1.15. The molecule has 0 atom stereocenters. The van der Waals surface area contributed by atoms with Gasteiger partial charge >= 0.3 is 0 Å². The number of hydrogen-bond donors (Lipinski definition) is 1. The van der Waals surface area contributed by atoms with E-state index in [1.165, 1.54) is 19.2 Å². The highest BCUT2D eigenvalue weighted by Gasteiger charge is 2.21. The molecule has 0 aliphatic carbocycles. The summed E-state index contributed by atoms with van der Waals surface area (Å²) in [6, 6.07) is 9.04. The number of sulfonamides is 1. The molecule has 1 aliphatic rings. The van der Waals surface area contributed by atoms with Crippen LogP contribution in [0.3, 0.4) is 0 Å². The number of nitro groups is 1. The van der Waals surface area contributed by atoms with Gasteiger partial charge in [-0.15, -0.1) is 0 Å². The predicted molar refractivity (Wildman–Crippen MR) is 90.9 cm³/mol. The molecule has 132 valence electrons. The van der Waals surface area contributed by atoms with E-state index in [-0.39, 0.29) is 10.6 Å². The first-order valence-corrected chi connectivity index (χ1v) is 9.50. The normalized spacial score (nSPS) is 13.5. The minimum absolute atomic E-state index is 0.159. The zero-order valence-electron chi connectivity index (χ0n) is 13.1. The Bertz CT molecular complexity index is 930. The molecule has 0 amide bonds. The Morgan fingerprint density at radius 3 is 2.52 bits per heavy atom. The van der Waals surface area contributed by atoms with Crippen LogP contribution >= 0.6 is 11.8 Å². The molecule has 0 saturated heterocycles. The van der Waals surface area contributed by atoms with Gasteiger partial charge in [0.25, 0.3) is 5.69 Å². The van der Waals surface area contributed by atoms with Gasteiger partial charge < -0.3 is 9.47 Å². The fourth-order valence-electron chi connectivity index (χ4n) is 2.23. The molecule has 2 aromatic rings. The van der Waals surface area contributed by atoms with Crippen LogP contribution in [-0.2, 0) is 10.0 Å². The van der Waals surface area contributed by atoms with Crippen molar-refractivity contribution in [2.24, 2.45) is 0 Å². The summed E-state index contributed by atoms with van der Waals surface area (Å²) in [7, 11) is -2.51. The van der Waals surface area contributed by atoms with Crippen LogP contribution < -0.4 is 14.2 Å². The third-order valence-corrected chi connectivity index (χ3v) is 5.91. The van der Waals surface area contributed by atoms with Crippen LogP contribution in [0.4, 0.5) is 5.69 Å². The van der Waals surface area contributed by atoms with Crippen molar-refractivity contribution in [1.82, 2.24) is 4.72 Å². The Labute approximate surface area is 148 Å². The van der Waals surface area contributed by atoms with E-state index in [1.54, 1.807) is 18.2 Å². The van der Waals surface area contributed by atoms with Crippen LogP contribution in [0.1, 0.15) is 0 Å². The number of ether oxygens (including phenoxy) is 2. The van der Waals surface area contributed by atoms with Crippen LogP contribution in [0.5, 0.6) is 11.5 Å². The van der Waals surface area contributed by atoms with E-state index in [0.29, 0.717) is 29.6 Å². The molecular formula is C15H14N2O6S2. The smallest absolute Gasteiger partial charge is 0.284 e. The monoisotopic (exact) mass is 382 g/mol. The molecule has 3 rings (SSSR count). The van der Waals surface area contributed by atoms with Crippen molar-refractivity contribution in [3.8, 4) is 11.5 Å². The molecule has 2 aromatic carbocycles. The molecule has 0 fully saturated rings. The Morgan fingerprint density at radius 2 is 1.84 bits per heavy atom. The van der Waals surface area contributed by atoms with E-state index < -0.39 is 14.9 Å². The molecule has 0 radical (unpaired) electrons. The van der Waals surface area contributed by atoms with Gasteiger partial charge in [0.05, 0.1) is 14.7 Å². The van der Waals surface area contributed by atoms with E-state index in [0.717, 1.165) is 22.7 Å². The Balaban J connectivity index is 1.96. The second-order valence-corrected chi connectivity index (χ2v) is 8.00. The highest BCUT2D eigenvalue weighted by molar-refractivity contribution is 7.99. The third-order valence-electron chi connectivity index (χ3n) is 3.45. The van der Waals surface area contributed by atoms with Gasteiger partial charge in [-0.3, -0.25) is 10.1 Å². The van der Waals surface area contributed by atoms with Crippen molar-refractivity contribution < 1.29 is 22.8 Å². The molecule has 8 nitrogen and oxygen atoms in total. The van der Waals surface area contributed by atoms with Gasteiger partial charge in [0.15, 0.2) is 11.5 Å². The lowest BCUT2D eigenvalue weighted by atomic mass is 10.3. The highest BCUT2D eigenvalue weighted by Crippen LogP contribution is 2.40. The fraction of sp³-hybridized carbons (Fsp3) is 0.200. The highest BCUT2D eigenvalue weighted by atomic mass is 32.2. The van der Waals surface area contributed by atoms with Gasteiger partial charge in [-0.05, 0) is 37.4 Å². The maximum atomic E-state index is 11.8. The van der Waals surface area contributed by atoms with Crippen molar-refractivity contribution in [1.29, 1.82) is 0 Å². The number of benzene rings is 2. The maximum absolute atomic E-state index is 11.8. The number of hydrogen-bond acceptors (Lipinski definition) is 7. The van der Waals surface area contributed by atoms with E-state index in [1.807, 2.05) is 0 Å². The van der Waals surface area contributed by atoms with Crippen LogP contribution in [-0.4, -0.2) is 33.6 Å². The third kappa shape index (κ3) is 3.70. The van der Waals surface area contributed by atoms with Crippen LogP contribution in [0, 0.1) is 10.1 Å².